The van der Waals surface area contributed by atoms with Crippen LogP contribution in [0.2, 0.25) is 0 Å². The number of carbonyl (C=O) groups is 1. The van der Waals surface area contributed by atoms with Crippen LogP contribution in [0, 0.1) is 0 Å². The van der Waals surface area contributed by atoms with Crippen molar-refractivity contribution in [3.8, 4) is 0 Å². The predicted octanol–water partition coefficient (Wildman–Crippen LogP) is 1.58. The monoisotopic (exact) mass is 207 g/mol. The molecule has 0 bridgehead atoms. The van der Waals surface area contributed by atoms with Gasteiger partial charge in [-0.25, -0.2) is 4.98 Å². The Balaban J connectivity index is 2.64. The summed E-state index contributed by atoms with van der Waals surface area (Å²) in [4.78, 5) is 15.6. The summed E-state index contributed by atoms with van der Waals surface area (Å²) < 4.78 is 0. The number of hydrogen-bond acceptors (Lipinski definition) is 3. The fraction of sp³-hybridized carbons (Fsp3) is 0.455. The average Bonchev–Trinajstić information content (AvgIpc) is 2.26. The van der Waals surface area contributed by atoms with E-state index in [4.69, 9.17) is 5.73 Å². The largest absolute Gasteiger partial charge is 0.397 e. The van der Waals surface area contributed by atoms with Gasteiger partial charge in [0.15, 0.2) is 0 Å². The van der Waals surface area contributed by atoms with Gasteiger partial charge >= 0.3 is 0 Å². The Hall–Kier alpha value is -1.58. The summed E-state index contributed by atoms with van der Waals surface area (Å²) >= 11 is 0. The SMILES string of the molecule is CCC(CC)NC(=O)c1ccc(N)cn1. The molecule has 0 fully saturated rings. The van der Waals surface area contributed by atoms with Gasteiger partial charge in [0, 0.05) is 6.04 Å². The summed E-state index contributed by atoms with van der Waals surface area (Å²) in [7, 11) is 0. The van der Waals surface area contributed by atoms with Crippen LogP contribution in [0.25, 0.3) is 0 Å². The zero-order valence-corrected chi connectivity index (χ0v) is 9.16. The molecule has 3 N–H and O–H groups in total. The van der Waals surface area contributed by atoms with E-state index in [1.54, 1.807) is 12.1 Å². The second-order valence-corrected chi connectivity index (χ2v) is 3.46. The molecule has 82 valence electrons. The van der Waals surface area contributed by atoms with Crippen molar-refractivity contribution in [2.24, 2.45) is 0 Å². The van der Waals surface area contributed by atoms with E-state index in [0.29, 0.717) is 11.4 Å². The molecule has 0 saturated carbocycles. The summed E-state index contributed by atoms with van der Waals surface area (Å²) in [5.41, 5.74) is 6.46. The number of nitrogens with one attached hydrogen (secondary N) is 1. The number of pyridine rings is 1. The summed E-state index contributed by atoms with van der Waals surface area (Å²) in [6.07, 6.45) is 3.34. The van der Waals surface area contributed by atoms with Crippen molar-refractivity contribution < 1.29 is 4.79 Å². The lowest BCUT2D eigenvalue weighted by molar-refractivity contribution is 0.0930. The van der Waals surface area contributed by atoms with E-state index in [1.807, 2.05) is 13.8 Å². The molecule has 0 atom stereocenters. The minimum Gasteiger partial charge on any atom is -0.397 e. The highest BCUT2D eigenvalue weighted by atomic mass is 16.1. The lowest BCUT2D eigenvalue weighted by Crippen LogP contribution is -2.34. The topological polar surface area (TPSA) is 68.0 Å². The molecule has 1 amide bonds. The number of amides is 1. The van der Waals surface area contributed by atoms with E-state index in [0.717, 1.165) is 12.8 Å². The van der Waals surface area contributed by atoms with Crippen molar-refractivity contribution in [3.63, 3.8) is 0 Å². The highest BCUT2D eigenvalue weighted by Crippen LogP contribution is 2.03. The quantitative estimate of drug-likeness (QED) is 0.787. The third-order valence-corrected chi connectivity index (χ3v) is 2.34. The highest BCUT2D eigenvalue weighted by molar-refractivity contribution is 5.92. The number of nitrogens with two attached hydrogens (primary N) is 1. The highest BCUT2D eigenvalue weighted by Gasteiger charge is 2.10. The van der Waals surface area contributed by atoms with Crippen LogP contribution >= 0.6 is 0 Å². The summed E-state index contributed by atoms with van der Waals surface area (Å²) in [5.74, 6) is -0.135. The molecule has 0 spiro atoms. The molecule has 1 aromatic heterocycles. The second-order valence-electron chi connectivity index (χ2n) is 3.46. The van der Waals surface area contributed by atoms with Crippen LogP contribution in [0.15, 0.2) is 18.3 Å². The van der Waals surface area contributed by atoms with Crippen molar-refractivity contribution in [2.75, 3.05) is 5.73 Å². The number of carbonyl (C=O) groups excluding carboxylic acids is 1. The van der Waals surface area contributed by atoms with Gasteiger partial charge in [0.25, 0.3) is 5.91 Å². The smallest absolute Gasteiger partial charge is 0.270 e. The van der Waals surface area contributed by atoms with E-state index in [-0.39, 0.29) is 11.9 Å². The zero-order chi connectivity index (χ0) is 11.3. The molecule has 1 heterocycles. The van der Waals surface area contributed by atoms with E-state index in [9.17, 15) is 4.79 Å². The standard InChI is InChI=1S/C11H17N3O/c1-3-9(4-2)14-11(15)10-6-5-8(12)7-13-10/h5-7,9H,3-4,12H2,1-2H3,(H,14,15). The molecule has 0 saturated heterocycles. The van der Waals surface area contributed by atoms with Crippen LogP contribution in [0.5, 0.6) is 0 Å². The predicted molar refractivity (Wildman–Crippen MR) is 60.5 cm³/mol. The fourth-order valence-corrected chi connectivity index (χ4v) is 1.29. The summed E-state index contributed by atoms with van der Waals surface area (Å²) in [6, 6.07) is 3.53. The van der Waals surface area contributed by atoms with Gasteiger partial charge in [-0.3, -0.25) is 4.79 Å². The zero-order valence-electron chi connectivity index (χ0n) is 9.16. The Labute approximate surface area is 89.9 Å². The van der Waals surface area contributed by atoms with Gasteiger partial charge in [0.05, 0.1) is 11.9 Å². The minimum absolute atomic E-state index is 0.135. The average molecular weight is 207 g/mol. The minimum atomic E-state index is -0.135. The maximum absolute atomic E-state index is 11.7. The first-order chi connectivity index (χ1) is 7.17. The molecule has 0 aliphatic carbocycles. The van der Waals surface area contributed by atoms with Gasteiger partial charge in [-0.1, -0.05) is 13.8 Å². The molecular formula is C11H17N3O. The van der Waals surface area contributed by atoms with Crippen LogP contribution in [-0.2, 0) is 0 Å². The Morgan fingerprint density at radius 3 is 2.60 bits per heavy atom. The van der Waals surface area contributed by atoms with Crippen molar-refractivity contribution >= 4 is 11.6 Å². The summed E-state index contributed by atoms with van der Waals surface area (Å²) in [6.45, 7) is 4.09. The van der Waals surface area contributed by atoms with E-state index >= 15 is 0 Å². The van der Waals surface area contributed by atoms with Crippen molar-refractivity contribution in [2.45, 2.75) is 32.7 Å². The molecule has 0 aliphatic heterocycles. The van der Waals surface area contributed by atoms with Crippen molar-refractivity contribution in [1.29, 1.82) is 0 Å². The third kappa shape index (κ3) is 3.23. The number of rotatable bonds is 4. The Kier molecular flexibility index (Phi) is 4.09. The number of nitrogen functional groups attached to an aromatic ring is 1. The first-order valence-electron chi connectivity index (χ1n) is 5.19. The maximum atomic E-state index is 11.7. The van der Waals surface area contributed by atoms with Crippen LogP contribution in [0.3, 0.4) is 0 Å². The van der Waals surface area contributed by atoms with Crippen LogP contribution in [0.1, 0.15) is 37.2 Å². The van der Waals surface area contributed by atoms with Gasteiger partial charge in [0.2, 0.25) is 0 Å². The van der Waals surface area contributed by atoms with Gasteiger partial charge in [0.1, 0.15) is 5.69 Å². The number of anilines is 1. The molecule has 1 aromatic rings. The van der Waals surface area contributed by atoms with Gasteiger partial charge in [-0.05, 0) is 25.0 Å². The first-order valence-corrected chi connectivity index (χ1v) is 5.19. The second kappa shape index (κ2) is 5.34. The van der Waals surface area contributed by atoms with Crippen molar-refractivity contribution in [3.05, 3.63) is 24.0 Å². The van der Waals surface area contributed by atoms with E-state index < -0.39 is 0 Å². The third-order valence-electron chi connectivity index (χ3n) is 2.34. The van der Waals surface area contributed by atoms with Crippen LogP contribution < -0.4 is 11.1 Å². The lowest BCUT2D eigenvalue weighted by Gasteiger charge is -2.13. The molecule has 4 heteroatoms. The molecular weight excluding hydrogens is 190 g/mol. The summed E-state index contributed by atoms with van der Waals surface area (Å²) in [5, 5.41) is 2.91. The number of aromatic nitrogens is 1. The van der Waals surface area contributed by atoms with Crippen LogP contribution in [0.4, 0.5) is 5.69 Å². The molecule has 0 unspecified atom stereocenters. The number of hydrogen-bond donors (Lipinski definition) is 2. The Morgan fingerprint density at radius 1 is 1.47 bits per heavy atom. The molecule has 1 rings (SSSR count). The molecule has 0 radical (unpaired) electrons. The van der Waals surface area contributed by atoms with Crippen LogP contribution in [-0.4, -0.2) is 16.9 Å². The molecule has 0 aliphatic rings. The Bertz CT molecular complexity index is 317. The van der Waals surface area contributed by atoms with E-state index in [1.165, 1.54) is 6.20 Å². The number of nitrogens with zero attached hydrogens (tertiary/aromatic N) is 1. The van der Waals surface area contributed by atoms with Gasteiger partial charge in [-0.2, -0.15) is 0 Å². The lowest BCUT2D eigenvalue weighted by atomic mass is 10.1. The fourth-order valence-electron chi connectivity index (χ4n) is 1.29. The normalized spacial score (nSPS) is 10.3. The molecule has 0 aromatic carbocycles. The first kappa shape index (κ1) is 11.5. The molecule has 15 heavy (non-hydrogen) atoms. The van der Waals surface area contributed by atoms with Gasteiger partial charge in [-0.15, -0.1) is 0 Å². The van der Waals surface area contributed by atoms with Gasteiger partial charge < -0.3 is 11.1 Å². The Morgan fingerprint density at radius 2 is 2.13 bits per heavy atom. The van der Waals surface area contributed by atoms with Crippen molar-refractivity contribution in [1.82, 2.24) is 10.3 Å². The molecule has 4 nitrogen and oxygen atoms in total. The maximum Gasteiger partial charge on any atom is 0.270 e. The van der Waals surface area contributed by atoms with E-state index in [2.05, 4.69) is 10.3 Å².